The van der Waals surface area contributed by atoms with Crippen LogP contribution in [-0.2, 0) is 11.3 Å². The number of pyridine rings is 2. The minimum Gasteiger partial charge on any atom is -0.346 e. The molecule has 32 heavy (non-hydrogen) atoms. The lowest BCUT2D eigenvalue weighted by Gasteiger charge is -2.16. The van der Waals surface area contributed by atoms with Gasteiger partial charge in [-0.2, -0.15) is 0 Å². The fourth-order valence-corrected chi connectivity index (χ4v) is 3.55. The van der Waals surface area contributed by atoms with E-state index in [0.29, 0.717) is 28.1 Å². The Kier molecular flexibility index (Phi) is 7.10. The molecule has 0 radical (unpaired) electrons. The Labute approximate surface area is 184 Å². The standard InChI is InChI=1S/C23H18FN3O3.C2H6/c1-14(15-2-5-17(24)6-3-15)26-22(29)16-4-7-19-18-8-9-25-13-20(18)23(30)27(10-11-28)21(19)12-16;1-2/h2-9,11-14H,10H2,1H3,(H,26,29);1-2H3. The first kappa shape index (κ1) is 22.8. The molecule has 2 heterocycles. The number of nitrogens with zero attached hydrogens (tertiary/aromatic N) is 2. The van der Waals surface area contributed by atoms with E-state index in [9.17, 15) is 18.8 Å². The molecule has 1 amide bonds. The second-order valence-corrected chi connectivity index (χ2v) is 6.98. The van der Waals surface area contributed by atoms with Crippen LogP contribution in [0.3, 0.4) is 0 Å². The monoisotopic (exact) mass is 433 g/mol. The number of carbonyl (C=O) groups is 2. The third-order valence-corrected chi connectivity index (χ3v) is 5.11. The third-order valence-electron chi connectivity index (χ3n) is 5.11. The number of hydrogen-bond donors (Lipinski definition) is 1. The molecule has 4 aromatic rings. The Hall–Kier alpha value is -3.87. The zero-order valence-electron chi connectivity index (χ0n) is 18.1. The van der Waals surface area contributed by atoms with Gasteiger partial charge in [-0.1, -0.05) is 32.0 Å². The summed E-state index contributed by atoms with van der Waals surface area (Å²) in [4.78, 5) is 40.8. The summed E-state index contributed by atoms with van der Waals surface area (Å²) in [5.41, 5.74) is 1.27. The van der Waals surface area contributed by atoms with E-state index in [2.05, 4.69) is 10.3 Å². The molecule has 6 nitrogen and oxygen atoms in total. The molecule has 0 aliphatic carbocycles. The number of aldehydes is 1. The number of aromatic nitrogens is 2. The lowest BCUT2D eigenvalue weighted by molar-refractivity contribution is -0.108. The van der Waals surface area contributed by atoms with Crippen LogP contribution < -0.4 is 10.9 Å². The van der Waals surface area contributed by atoms with Crippen LogP contribution >= 0.6 is 0 Å². The van der Waals surface area contributed by atoms with Gasteiger partial charge in [0.05, 0.1) is 23.5 Å². The Morgan fingerprint density at radius 3 is 2.50 bits per heavy atom. The fourth-order valence-electron chi connectivity index (χ4n) is 3.55. The molecule has 0 spiro atoms. The first-order valence-corrected chi connectivity index (χ1v) is 10.4. The maximum Gasteiger partial charge on any atom is 0.260 e. The van der Waals surface area contributed by atoms with Crippen molar-refractivity contribution in [2.75, 3.05) is 0 Å². The summed E-state index contributed by atoms with van der Waals surface area (Å²) >= 11 is 0. The van der Waals surface area contributed by atoms with Crippen molar-refractivity contribution < 1.29 is 14.0 Å². The topological polar surface area (TPSA) is 81.1 Å². The first-order valence-electron chi connectivity index (χ1n) is 10.4. The van der Waals surface area contributed by atoms with Crippen molar-refractivity contribution in [1.29, 1.82) is 0 Å². The molecule has 0 saturated heterocycles. The van der Waals surface area contributed by atoms with Crippen molar-refractivity contribution in [3.63, 3.8) is 0 Å². The van der Waals surface area contributed by atoms with Crippen LogP contribution in [0.15, 0.2) is 65.7 Å². The van der Waals surface area contributed by atoms with Gasteiger partial charge in [-0.25, -0.2) is 4.39 Å². The molecule has 164 valence electrons. The molecular weight excluding hydrogens is 409 g/mol. The van der Waals surface area contributed by atoms with Gasteiger partial charge in [0.25, 0.3) is 11.5 Å². The Balaban J connectivity index is 0.00000141. The minimum atomic E-state index is -0.345. The number of halogens is 1. The van der Waals surface area contributed by atoms with Crippen LogP contribution in [0.25, 0.3) is 21.7 Å². The van der Waals surface area contributed by atoms with E-state index in [1.165, 1.54) is 22.9 Å². The van der Waals surface area contributed by atoms with Crippen molar-refractivity contribution in [2.45, 2.75) is 33.4 Å². The first-order chi connectivity index (χ1) is 15.5. The van der Waals surface area contributed by atoms with Gasteiger partial charge in [0.15, 0.2) is 0 Å². The third kappa shape index (κ3) is 4.42. The molecule has 0 aliphatic rings. The Morgan fingerprint density at radius 1 is 1.09 bits per heavy atom. The van der Waals surface area contributed by atoms with Crippen molar-refractivity contribution in [2.24, 2.45) is 0 Å². The number of fused-ring (bicyclic) bond motifs is 3. The molecule has 1 unspecified atom stereocenters. The lowest BCUT2D eigenvalue weighted by Crippen LogP contribution is -2.27. The van der Waals surface area contributed by atoms with E-state index in [1.807, 2.05) is 13.8 Å². The van der Waals surface area contributed by atoms with E-state index < -0.39 is 0 Å². The van der Waals surface area contributed by atoms with Gasteiger partial charge >= 0.3 is 0 Å². The van der Waals surface area contributed by atoms with Crippen molar-refractivity contribution >= 4 is 33.9 Å². The van der Waals surface area contributed by atoms with Crippen LogP contribution in [0.2, 0.25) is 0 Å². The van der Waals surface area contributed by atoms with Gasteiger partial charge in [0, 0.05) is 23.3 Å². The largest absolute Gasteiger partial charge is 0.346 e. The SMILES string of the molecule is CC.CC(NC(=O)c1ccc2c3ccncc3c(=O)n(CC=O)c2c1)c1ccc(F)cc1. The number of rotatable bonds is 5. The second kappa shape index (κ2) is 9.96. The highest BCUT2D eigenvalue weighted by atomic mass is 19.1. The summed E-state index contributed by atoms with van der Waals surface area (Å²) in [5, 5.41) is 4.74. The van der Waals surface area contributed by atoms with Crippen molar-refractivity contribution in [3.05, 3.63) is 88.2 Å². The molecule has 4 rings (SSSR count). The zero-order valence-corrected chi connectivity index (χ0v) is 18.1. The molecule has 1 atom stereocenters. The smallest absolute Gasteiger partial charge is 0.260 e. The summed E-state index contributed by atoms with van der Waals surface area (Å²) in [5.74, 6) is -0.684. The fraction of sp³-hybridized carbons (Fsp3) is 0.200. The maximum atomic E-state index is 13.1. The molecule has 2 aromatic heterocycles. The molecule has 7 heteroatoms. The van der Waals surface area contributed by atoms with E-state index in [4.69, 9.17) is 0 Å². The summed E-state index contributed by atoms with van der Waals surface area (Å²) in [6.07, 6.45) is 3.71. The Morgan fingerprint density at radius 2 is 1.81 bits per heavy atom. The second-order valence-electron chi connectivity index (χ2n) is 6.98. The highest BCUT2D eigenvalue weighted by Crippen LogP contribution is 2.24. The number of hydrogen-bond acceptors (Lipinski definition) is 4. The number of carbonyl (C=O) groups excluding carboxylic acids is 2. The van der Waals surface area contributed by atoms with Gasteiger partial charge in [-0.3, -0.25) is 14.6 Å². The predicted molar refractivity (Wildman–Crippen MR) is 123 cm³/mol. The van der Waals surface area contributed by atoms with Crippen molar-refractivity contribution in [1.82, 2.24) is 14.9 Å². The van der Waals surface area contributed by atoms with E-state index in [1.54, 1.807) is 49.5 Å². The average Bonchev–Trinajstić information content (AvgIpc) is 2.83. The normalized spacial score (nSPS) is 11.5. The number of nitrogens with one attached hydrogen (secondary N) is 1. The van der Waals surface area contributed by atoms with Gasteiger partial charge in [0.1, 0.15) is 12.1 Å². The highest BCUT2D eigenvalue weighted by molar-refractivity contribution is 6.08. The van der Waals surface area contributed by atoms with E-state index >= 15 is 0 Å². The molecule has 0 bridgehead atoms. The van der Waals surface area contributed by atoms with Gasteiger partial charge in [0.2, 0.25) is 0 Å². The van der Waals surface area contributed by atoms with E-state index in [0.717, 1.165) is 10.9 Å². The van der Waals surface area contributed by atoms with Crippen LogP contribution in [-0.4, -0.2) is 21.7 Å². The van der Waals surface area contributed by atoms with Gasteiger partial charge < -0.3 is 14.7 Å². The molecule has 0 fully saturated rings. The van der Waals surface area contributed by atoms with Crippen molar-refractivity contribution in [3.8, 4) is 0 Å². The zero-order chi connectivity index (χ0) is 23.3. The highest BCUT2D eigenvalue weighted by Gasteiger charge is 2.15. The quantitative estimate of drug-likeness (QED) is 0.374. The lowest BCUT2D eigenvalue weighted by atomic mass is 10.0. The number of amides is 1. The van der Waals surface area contributed by atoms with Crippen LogP contribution in [0, 0.1) is 5.82 Å². The van der Waals surface area contributed by atoms with Crippen LogP contribution in [0.5, 0.6) is 0 Å². The summed E-state index contributed by atoms with van der Waals surface area (Å²) in [6, 6.07) is 12.3. The van der Waals surface area contributed by atoms with Gasteiger partial charge in [-0.15, -0.1) is 0 Å². The maximum absolute atomic E-state index is 13.1. The summed E-state index contributed by atoms with van der Waals surface area (Å²) in [7, 11) is 0. The van der Waals surface area contributed by atoms with Crippen LogP contribution in [0.4, 0.5) is 4.39 Å². The summed E-state index contributed by atoms with van der Waals surface area (Å²) in [6.45, 7) is 5.67. The average molecular weight is 433 g/mol. The molecule has 1 N–H and O–H groups in total. The Bertz CT molecular complexity index is 1330. The van der Waals surface area contributed by atoms with E-state index in [-0.39, 0.29) is 29.9 Å². The van der Waals surface area contributed by atoms with Crippen LogP contribution in [0.1, 0.15) is 42.7 Å². The molecule has 0 aliphatic heterocycles. The van der Waals surface area contributed by atoms with Gasteiger partial charge in [-0.05, 0) is 48.2 Å². The predicted octanol–water partition coefficient (Wildman–Crippen LogP) is 4.40. The molecule has 2 aromatic carbocycles. The molecule has 0 saturated carbocycles. The number of benzene rings is 2. The summed E-state index contributed by atoms with van der Waals surface area (Å²) < 4.78 is 14.5. The minimum absolute atomic E-state index is 0.128. The molecular formula is C25H24FN3O3.